The van der Waals surface area contributed by atoms with Crippen LogP contribution < -0.4 is 11.1 Å². The van der Waals surface area contributed by atoms with Gasteiger partial charge in [-0.25, -0.2) is 9.78 Å². The molecule has 1 fully saturated rings. The van der Waals surface area contributed by atoms with Crippen LogP contribution in [-0.2, 0) is 0 Å². The molecule has 1 aromatic heterocycles. The Morgan fingerprint density at radius 1 is 1.33 bits per heavy atom. The predicted octanol–water partition coefficient (Wildman–Crippen LogP) is 4.22. The molecule has 3 aromatic rings. The molecule has 0 atom stereocenters. The SMILES string of the molecule is Cc1cccc(Cl)c1-c1cc(NC2CN(C(=O)O)C2)c2cc(N)ncc2c1. The Morgan fingerprint density at radius 2 is 2.11 bits per heavy atom. The van der Waals surface area contributed by atoms with E-state index in [0.29, 0.717) is 23.9 Å². The standard InChI is InChI=1S/C20H19ClN4O2/c1-11-3-2-4-16(21)19(11)12-5-13-8-23-18(22)7-15(13)17(6-12)24-14-9-25(10-14)20(26)27/h2-8,14,24H,9-10H2,1H3,(H2,22,23)(H,26,27). The van der Waals surface area contributed by atoms with Crippen molar-refractivity contribution in [3.63, 3.8) is 0 Å². The minimum atomic E-state index is -0.896. The van der Waals surface area contributed by atoms with Crippen molar-refractivity contribution in [1.29, 1.82) is 0 Å². The van der Waals surface area contributed by atoms with E-state index in [1.54, 1.807) is 6.20 Å². The molecule has 1 amide bonds. The Labute approximate surface area is 161 Å². The molecule has 0 unspecified atom stereocenters. The lowest BCUT2D eigenvalue weighted by Crippen LogP contribution is -2.56. The molecule has 4 N–H and O–H groups in total. The molecule has 0 saturated carbocycles. The first-order valence-electron chi connectivity index (χ1n) is 8.61. The topological polar surface area (TPSA) is 91.5 Å². The molecule has 0 radical (unpaired) electrons. The quantitative estimate of drug-likeness (QED) is 0.630. The van der Waals surface area contributed by atoms with Gasteiger partial charge < -0.3 is 21.1 Å². The van der Waals surface area contributed by atoms with Gasteiger partial charge in [-0.3, -0.25) is 0 Å². The monoisotopic (exact) mass is 382 g/mol. The number of hydrogen-bond donors (Lipinski definition) is 3. The molecule has 1 aliphatic rings. The van der Waals surface area contributed by atoms with Crippen LogP contribution in [0, 0.1) is 6.92 Å². The van der Waals surface area contributed by atoms with Gasteiger partial charge >= 0.3 is 6.09 Å². The number of nitrogen functional groups attached to an aromatic ring is 1. The van der Waals surface area contributed by atoms with E-state index >= 15 is 0 Å². The van der Waals surface area contributed by atoms with E-state index in [1.165, 1.54) is 4.90 Å². The predicted molar refractivity (Wildman–Crippen MR) is 108 cm³/mol. The molecule has 27 heavy (non-hydrogen) atoms. The average Bonchev–Trinajstić information content (AvgIpc) is 2.57. The minimum absolute atomic E-state index is 0.0567. The van der Waals surface area contributed by atoms with Gasteiger partial charge in [-0.15, -0.1) is 0 Å². The number of nitrogens with one attached hydrogen (secondary N) is 1. The van der Waals surface area contributed by atoms with Crippen molar-refractivity contribution >= 4 is 40.0 Å². The fourth-order valence-electron chi connectivity index (χ4n) is 3.48. The van der Waals surface area contributed by atoms with Gasteiger partial charge in [0.1, 0.15) is 5.82 Å². The van der Waals surface area contributed by atoms with E-state index in [2.05, 4.69) is 10.3 Å². The maximum Gasteiger partial charge on any atom is 0.407 e. The lowest BCUT2D eigenvalue weighted by molar-refractivity contribution is 0.111. The Bertz CT molecular complexity index is 1030. The molecule has 1 saturated heterocycles. The summed E-state index contributed by atoms with van der Waals surface area (Å²) in [6.45, 7) is 2.93. The first kappa shape index (κ1) is 17.4. The van der Waals surface area contributed by atoms with Gasteiger partial charge in [0.2, 0.25) is 0 Å². The van der Waals surface area contributed by atoms with Crippen LogP contribution in [0.25, 0.3) is 21.9 Å². The molecule has 2 aromatic carbocycles. The number of pyridine rings is 1. The van der Waals surface area contributed by atoms with Crippen molar-refractivity contribution in [3.05, 3.63) is 53.2 Å². The number of aryl methyl sites for hydroxylation is 1. The number of hydrogen-bond acceptors (Lipinski definition) is 4. The van der Waals surface area contributed by atoms with E-state index < -0.39 is 6.09 Å². The number of aromatic nitrogens is 1. The minimum Gasteiger partial charge on any atom is -0.465 e. The van der Waals surface area contributed by atoms with E-state index in [-0.39, 0.29) is 6.04 Å². The molecule has 1 aliphatic heterocycles. The van der Waals surface area contributed by atoms with Gasteiger partial charge in [0.15, 0.2) is 0 Å². The zero-order valence-electron chi connectivity index (χ0n) is 14.7. The zero-order valence-corrected chi connectivity index (χ0v) is 15.5. The number of carbonyl (C=O) groups is 1. The van der Waals surface area contributed by atoms with Crippen LogP contribution in [0.5, 0.6) is 0 Å². The highest BCUT2D eigenvalue weighted by atomic mass is 35.5. The molecule has 0 bridgehead atoms. The van der Waals surface area contributed by atoms with Crippen molar-refractivity contribution in [1.82, 2.24) is 9.88 Å². The highest BCUT2D eigenvalue weighted by molar-refractivity contribution is 6.33. The van der Waals surface area contributed by atoms with Crippen LogP contribution in [0.3, 0.4) is 0 Å². The van der Waals surface area contributed by atoms with Gasteiger partial charge in [0.25, 0.3) is 0 Å². The summed E-state index contributed by atoms with van der Waals surface area (Å²) in [6, 6.07) is 11.8. The van der Waals surface area contributed by atoms with Crippen LogP contribution in [0.4, 0.5) is 16.3 Å². The third-order valence-electron chi connectivity index (χ3n) is 4.88. The molecular weight excluding hydrogens is 364 g/mol. The lowest BCUT2D eigenvalue weighted by Gasteiger charge is -2.38. The van der Waals surface area contributed by atoms with Crippen molar-refractivity contribution < 1.29 is 9.90 Å². The maximum absolute atomic E-state index is 11.0. The summed E-state index contributed by atoms with van der Waals surface area (Å²) in [5.74, 6) is 0.438. The first-order valence-corrected chi connectivity index (χ1v) is 8.99. The Kier molecular flexibility index (Phi) is 4.28. The highest BCUT2D eigenvalue weighted by Crippen LogP contribution is 2.37. The Balaban J connectivity index is 1.79. The van der Waals surface area contributed by atoms with Gasteiger partial charge in [0.05, 0.1) is 6.04 Å². The van der Waals surface area contributed by atoms with Crippen molar-refractivity contribution in [2.45, 2.75) is 13.0 Å². The van der Waals surface area contributed by atoms with Crippen molar-refractivity contribution in [3.8, 4) is 11.1 Å². The Hall–Kier alpha value is -2.99. The molecular formula is C20H19ClN4O2. The fourth-order valence-corrected chi connectivity index (χ4v) is 3.81. The molecule has 4 rings (SSSR count). The van der Waals surface area contributed by atoms with Gasteiger partial charge in [-0.2, -0.15) is 0 Å². The number of nitrogens with zero attached hydrogens (tertiary/aromatic N) is 2. The molecule has 138 valence electrons. The molecule has 6 nitrogen and oxygen atoms in total. The second-order valence-corrected chi connectivity index (χ2v) is 7.22. The van der Waals surface area contributed by atoms with Crippen LogP contribution in [0.1, 0.15) is 5.56 Å². The summed E-state index contributed by atoms with van der Waals surface area (Å²) in [5, 5.41) is 15.1. The van der Waals surface area contributed by atoms with Crippen LogP contribution in [-0.4, -0.2) is 40.2 Å². The number of benzene rings is 2. The summed E-state index contributed by atoms with van der Waals surface area (Å²) in [7, 11) is 0. The highest BCUT2D eigenvalue weighted by Gasteiger charge is 2.30. The number of likely N-dealkylation sites (tertiary alicyclic amines) is 1. The number of amides is 1. The van der Waals surface area contributed by atoms with Crippen molar-refractivity contribution in [2.75, 3.05) is 24.1 Å². The lowest BCUT2D eigenvalue weighted by atomic mass is 9.96. The van der Waals surface area contributed by atoms with E-state index in [0.717, 1.165) is 33.2 Å². The van der Waals surface area contributed by atoms with E-state index in [1.807, 2.05) is 43.3 Å². The largest absolute Gasteiger partial charge is 0.465 e. The zero-order chi connectivity index (χ0) is 19.1. The smallest absolute Gasteiger partial charge is 0.407 e. The van der Waals surface area contributed by atoms with Gasteiger partial charge in [0, 0.05) is 46.3 Å². The fraction of sp³-hybridized carbons (Fsp3) is 0.200. The average molecular weight is 383 g/mol. The second-order valence-electron chi connectivity index (χ2n) is 6.81. The number of fused-ring (bicyclic) bond motifs is 1. The van der Waals surface area contributed by atoms with E-state index in [9.17, 15) is 4.79 Å². The van der Waals surface area contributed by atoms with Crippen LogP contribution in [0.15, 0.2) is 42.6 Å². The number of nitrogens with two attached hydrogens (primary N) is 1. The molecule has 0 spiro atoms. The number of rotatable bonds is 3. The molecule has 2 heterocycles. The summed E-state index contributed by atoms with van der Waals surface area (Å²) in [4.78, 5) is 16.6. The summed E-state index contributed by atoms with van der Waals surface area (Å²) in [6.07, 6.45) is 0.849. The summed E-state index contributed by atoms with van der Waals surface area (Å²) in [5.41, 5.74) is 9.81. The van der Waals surface area contributed by atoms with Crippen LogP contribution >= 0.6 is 11.6 Å². The molecule has 7 heteroatoms. The third-order valence-corrected chi connectivity index (χ3v) is 5.19. The summed E-state index contributed by atoms with van der Waals surface area (Å²) < 4.78 is 0. The number of halogens is 1. The summed E-state index contributed by atoms with van der Waals surface area (Å²) >= 11 is 6.46. The number of carboxylic acid groups (broad SMARTS) is 1. The van der Waals surface area contributed by atoms with Gasteiger partial charge in [-0.1, -0.05) is 23.7 Å². The second kappa shape index (κ2) is 6.63. The maximum atomic E-state index is 11.0. The van der Waals surface area contributed by atoms with Crippen LogP contribution in [0.2, 0.25) is 5.02 Å². The molecule has 0 aliphatic carbocycles. The third kappa shape index (κ3) is 3.24. The van der Waals surface area contributed by atoms with E-state index in [4.69, 9.17) is 22.4 Å². The normalized spacial score (nSPS) is 14.2. The van der Waals surface area contributed by atoms with Gasteiger partial charge in [-0.05, 0) is 42.3 Å². The number of anilines is 2. The Morgan fingerprint density at radius 3 is 2.81 bits per heavy atom. The van der Waals surface area contributed by atoms with Crippen molar-refractivity contribution in [2.24, 2.45) is 0 Å². The first-order chi connectivity index (χ1) is 12.9.